The number of anilines is 1. The van der Waals surface area contributed by atoms with E-state index < -0.39 is 5.91 Å². The number of furan rings is 1. The number of phenols is 1. The second-order valence-electron chi connectivity index (χ2n) is 8.51. The second-order valence-corrected chi connectivity index (χ2v) is 9.76. The summed E-state index contributed by atoms with van der Waals surface area (Å²) in [5, 5.41) is 17.0. The van der Waals surface area contributed by atoms with Crippen LogP contribution in [-0.4, -0.2) is 21.1 Å². The van der Waals surface area contributed by atoms with Crippen molar-refractivity contribution in [3.63, 3.8) is 0 Å². The minimum absolute atomic E-state index is 0.00147. The maximum atomic E-state index is 12.4. The van der Waals surface area contributed by atoms with Gasteiger partial charge in [0.15, 0.2) is 10.7 Å². The van der Waals surface area contributed by atoms with Gasteiger partial charge in [0.2, 0.25) is 11.8 Å². The van der Waals surface area contributed by atoms with E-state index in [9.17, 15) is 9.90 Å². The van der Waals surface area contributed by atoms with Crippen molar-refractivity contribution in [1.82, 2.24) is 10.3 Å². The highest BCUT2D eigenvalue weighted by molar-refractivity contribution is 7.80. The number of hydrogen-bond acceptors (Lipinski definition) is 6. The van der Waals surface area contributed by atoms with Crippen molar-refractivity contribution in [3.05, 3.63) is 94.2 Å². The summed E-state index contributed by atoms with van der Waals surface area (Å²) in [4.78, 5) is 16.9. The molecule has 3 N–H and O–H groups in total. The number of hydrogen-bond donors (Lipinski definition) is 3. The Hall–Kier alpha value is -4.11. The zero-order chi connectivity index (χ0) is 27.5. The van der Waals surface area contributed by atoms with Gasteiger partial charge < -0.3 is 19.3 Å². The highest BCUT2D eigenvalue weighted by Crippen LogP contribution is 2.34. The Labute approximate surface area is 239 Å². The van der Waals surface area contributed by atoms with Crippen LogP contribution < -0.4 is 10.6 Å². The normalized spacial score (nSPS) is 11.3. The molecular weight excluding hydrogens is 557 g/mol. The molecule has 0 saturated heterocycles. The third-order valence-corrected chi connectivity index (χ3v) is 6.56. The molecule has 2 heterocycles. The average molecular weight is 578 g/mol. The molecule has 0 radical (unpaired) electrons. The zero-order valence-corrected chi connectivity index (χ0v) is 22.8. The predicted molar refractivity (Wildman–Crippen MR) is 158 cm³/mol. The number of oxazole rings is 1. The molecule has 0 bridgehead atoms. The molecule has 196 valence electrons. The number of fused-ring (bicyclic) bond motifs is 1. The maximum absolute atomic E-state index is 12.4. The Morgan fingerprint density at radius 2 is 1.87 bits per heavy atom. The van der Waals surface area contributed by atoms with E-state index in [1.54, 1.807) is 42.5 Å². The van der Waals surface area contributed by atoms with Crippen LogP contribution in [0.15, 0.2) is 81.6 Å². The number of benzene rings is 3. The van der Waals surface area contributed by atoms with Crippen LogP contribution in [0.3, 0.4) is 0 Å². The van der Waals surface area contributed by atoms with Crippen LogP contribution in [-0.2, 0) is 11.2 Å². The van der Waals surface area contributed by atoms with E-state index in [2.05, 4.69) is 22.5 Å². The van der Waals surface area contributed by atoms with E-state index >= 15 is 0 Å². The first-order valence-electron chi connectivity index (χ1n) is 11.9. The lowest BCUT2D eigenvalue weighted by Gasteiger charge is -2.10. The van der Waals surface area contributed by atoms with Gasteiger partial charge in [-0.2, -0.15) is 0 Å². The number of aryl methyl sites for hydroxylation is 1. The Morgan fingerprint density at radius 3 is 2.67 bits per heavy atom. The first-order chi connectivity index (χ1) is 18.8. The summed E-state index contributed by atoms with van der Waals surface area (Å²) in [6, 6.07) is 19.1. The van der Waals surface area contributed by atoms with Gasteiger partial charge in [0.1, 0.15) is 22.8 Å². The zero-order valence-electron chi connectivity index (χ0n) is 20.5. The lowest BCUT2D eigenvalue weighted by molar-refractivity contribution is -0.115. The number of nitrogens with zero attached hydrogens (tertiary/aromatic N) is 1. The number of phenolic OH excluding ortho intramolecular Hbond substituents is 1. The first kappa shape index (κ1) is 26.5. The molecule has 5 rings (SSSR count). The molecule has 10 heteroatoms. The quantitative estimate of drug-likeness (QED) is 0.107. The summed E-state index contributed by atoms with van der Waals surface area (Å²) in [7, 11) is 0. The first-order valence-corrected chi connectivity index (χ1v) is 13.0. The monoisotopic (exact) mass is 577 g/mol. The van der Waals surface area contributed by atoms with E-state index in [-0.39, 0.29) is 16.8 Å². The van der Waals surface area contributed by atoms with Crippen molar-refractivity contribution in [2.75, 3.05) is 5.32 Å². The minimum Gasteiger partial charge on any atom is -0.507 e. The largest absolute Gasteiger partial charge is 0.507 e. The van der Waals surface area contributed by atoms with Gasteiger partial charge in [-0.15, -0.1) is 0 Å². The molecule has 0 spiro atoms. The fraction of sp³-hybridized carbons (Fsp3) is 0.0690. The molecule has 3 aromatic carbocycles. The fourth-order valence-electron chi connectivity index (χ4n) is 3.84. The third kappa shape index (κ3) is 6.15. The van der Waals surface area contributed by atoms with Gasteiger partial charge in [-0.25, -0.2) is 4.98 Å². The number of aromatic nitrogens is 1. The molecule has 0 saturated carbocycles. The average Bonchev–Trinajstić information content (AvgIpc) is 3.55. The van der Waals surface area contributed by atoms with Crippen LogP contribution in [0.5, 0.6) is 5.75 Å². The molecule has 0 aliphatic rings. The Kier molecular flexibility index (Phi) is 7.70. The van der Waals surface area contributed by atoms with Gasteiger partial charge in [-0.3, -0.25) is 10.1 Å². The van der Waals surface area contributed by atoms with Crippen LogP contribution in [0, 0.1) is 0 Å². The van der Waals surface area contributed by atoms with Crippen molar-refractivity contribution < 1.29 is 18.7 Å². The van der Waals surface area contributed by atoms with E-state index in [1.807, 2.05) is 18.2 Å². The van der Waals surface area contributed by atoms with Crippen molar-refractivity contribution in [3.8, 4) is 28.5 Å². The van der Waals surface area contributed by atoms with Crippen molar-refractivity contribution in [2.45, 2.75) is 13.3 Å². The van der Waals surface area contributed by atoms with Crippen molar-refractivity contribution in [2.24, 2.45) is 0 Å². The molecule has 2 aromatic heterocycles. The van der Waals surface area contributed by atoms with Gasteiger partial charge in [0.25, 0.3) is 0 Å². The molecule has 0 atom stereocenters. The van der Waals surface area contributed by atoms with Crippen LogP contribution in [0.1, 0.15) is 18.2 Å². The number of thiocarbonyl (C=S) groups is 1. The minimum atomic E-state index is -0.459. The summed E-state index contributed by atoms with van der Waals surface area (Å²) in [5.41, 5.74) is 4.07. The molecule has 0 unspecified atom stereocenters. The number of aromatic hydroxyl groups is 1. The number of halogens is 2. The number of carbonyl (C=O) groups excluding carboxylic acids is 1. The number of carbonyl (C=O) groups is 1. The van der Waals surface area contributed by atoms with Gasteiger partial charge >= 0.3 is 0 Å². The topological polar surface area (TPSA) is 101 Å². The molecular formula is C29H21Cl2N3O4S. The van der Waals surface area contributed by atoms with Gasteiger partial charge in [-0.05, 0) is 90.9 Å². The highest BCUT2D eigenvalue weighted by atomic mass is 35.5. The summed E-state index contributed by atoms with van der Waals surface area (Å²) in [6.45, 7) is 2.06. The van der Waals surface area contributed by atoms with Gasteiger partial charge in [-0.1, -0.05) is 36.2 Å². The maximum Gasteiger partial charge on any atom is 0.250 e. The van der Waals surface area contributed by atoms with E-state index in [0.29, 0.717) is 49.5 Å². The van der Waals surface area contributed by atoms with E-state index in [4.69, 9.17) is 44.3 Å². The van der Waals surface area contributed by atoms with Crippen LogP contribution >= 0.6 is 35.4 Å². The van der Waals surface area contributed by atoms with Gasteiger partial charge in [0.05, 0.1) is 10.6 Å². The lowest BCUT2D eigenvalue weighted by Crippen LogP contribution is -2.32. The van der Waals surface area contributed by atoms with Gasteiger partial charge in [0, 0.05) is 22.3 Å². The number of nitrogens with one attached hydrogen (secondary N) is 2. The van der Waals surface area contributed by atoms with Crippen LogP contribution in [0.25, 0.3) is 40.0 Å². The molecule has 5 aromatic rings. The summed E-state index contributed by atoms with van der Waals surface area (Å²) in [5.74, 6) is 0.812. The SMILES string of the molecule is CCc1ccc2oc(-c3cc(NC(=S)NC(=O)/C=C/c4ccc(-c5ccc(Cl)cc5Cl)o4)ccc3O)nc2c1. The lowest BCUT2D eigenvalue weighted by atomic mass is 10.1. The van der Waals surface area contributed by atoms with Crippen molar-refractivity contribution in [1.29, 1.82) is 0 Å². The fourth-order valence-corrected chi connectivity index (χ4v) is 4.56. The van der Waals surface area contributed by atoms with Crippen molar-refractivity contribution >= 4 is 69.3 Å². The molecule has 0 aliphatic carbocycles. The molecule has 0 fully saturated rings. The van der Waals surface area contributed by atoms with Crippen LogP contribution in [0.4, 0.5) is 5.69 Å². The second kappa shape index (κ2) is 11.3. The standard InChI is InChI=1S/C29H21Cl2N3O4S/c1-2-16-3-10-26-23(13-16)33-28(38-26)21-15-18(5-9-24(21)35)32-29(39)34-27(36)12-7-19-6-11-25(37-19)20-8-4-17(30)14-22(20)31/h3-15,35H,2H2,1H3,(H2,32,34,36,39)/b12-7+. The highest BCUT2D eigenvalue weighted by Gasteiger charge is 2.14. The third-order valence-electron chi connectivity index (χ3n) is 5.80. The molecule has 1 amide bonds. The Morgan fingerprint density at radius 1 is 1.03 bits per heavy atom. The van der Waals surface area contributed by atoms with Crippen LogP contribution in [0.2, 0.25) is 10.0 Å². The smallest absolute Gasteiger partial charge is 0.250 e. The summed E-state index contributed by atoms with van der Waals surface area (Å²) >= 11 is 17.5. The number of rotatable bonds is 6. The number of amides is 1. The summed E-state index contributed by atoms with van der Waals surface area (Å²) < 4.78 is 11.6. The Balaban J connectivity index is 1.23. The molecule has 39 heavy (non-hydrogen) atoms. The predicted octanol–water partition coefficient (Wildman–Crippen LogP) is 7.86. The van der Waals surface area contributed by atoms with E-state index in [1.165, 1.54) is 18.2 Å². The summed E-state index contributed by atoms with van der Waals surface area (Å²) in [6.07, 6.45) is 3.69. The van der Waals surface area contributed by atoms with E-state index in [0.717, 1.165) is 12.0 Å². The Bertz CT molecular complexity index is 1740. The molecule has 7 nitrogen and oxygen atoms in total. The molecule has 0 aliphatic heterocycles.